The molecular weight excluding hydrogens is 214 g/mol. The Labute approximate surface area is 103 Å². The number of aryl methyl sites for hydroxylation is 1. The molecule has 0 aliphatic heterocycles. The highest BCUT2D eigenvalue weighted by atomic mass is 16.1. The van der Waals surface area contributed by atoms with Gasteiger partial charge in [-0.15, -0.1) is 0 Å². The van der Waals surface area contributed by atoms with E-state index in [1.807, 2.05) is 44.0 Å². The van der Waals surface area contributed by atoms with E-state index in [-0.39, 0.29) is 5.91 Å². The summed E-state index contributed by atoms with van der Waals surface area (Å²) in [7, 11) is 3.70. The van der Waals surface area contributed by atoms with Crippen molar-refractivity contribution in [2.45, 2.75) is 19.4 Å². The molecule has 17 heavy (non-hydrogen) atoms. The van der Waals surface area contributed by atoms with Gasteiger partial charge in [-0.1, -0.05) is 12.1 Å². The van der Waals surface area contributed by atoms with Crippen molar-refractivity contribution in [3.8, 4) is 0 Å². The molecule has 0 fully saturated rings. The summed E-state index contributed by atoms with van der Waals surface area (Å²) in [5.74, 6) is -0.348. The SMILES string of the molecule is CNC(C)(CN(C)c1cccc(C)c1)C(N)=O. The quantitative estimate of drug-likeness (QED) is 0.797. The molecule has 4 nitrogen and oxygen atoms in total. The van der Waals surface area contributed by atoms with E-state index in [0.717, 1.165) is 5.69 Å². The van der Waals surface area contributed by atoms with Crippen LogP contribution in [-0.2, 0) is 4.79 Å². The summed E-state index contributed by atoms with van der Waals surface area (Å²) in [6.45, 7) is 4.38. The van der Waals surface area contributed by atoms with Crippen molar-refractivity contribution in [3.05, 3.63) is 29.8 Å². The van der Waals surface area contributed by atoms with Gasteiger partial charge in [0.2, 0.25) is 5.91 Å². The normalized spacial score (nSPS) is 14.1. The van der Waals surface area contributed by atoms with E-state index in [1.165, 1.54) is 5.56 Å². The summed E-state index contributed by atoms with van der Waals surface area (Å²) in [6.07, 6.45) is 0. The fraction of sp³-hybridized carbons (Fsp3) is 0.462. The molecular formula is C13H21N3O. The molecule has 1 amide bonds. The van der Waals surface area contributed by atoms with Gasteiger partial charge in [0.25, 0.3) is 0 Å². The van der Waals surface area contributed by atoms with Crippen LogP contribution in [0.4, 0.5) is 5.69 Å². The van der Waals surface area contributed by atoms with Gasteiger partial charge in [-0.3, -0.25) is 4.79 Å². The molecule has 1 unspecified atom stereocenters. The largest absolute Gasteiger partial charge is 0.372 e. The molecule has 0 spiro atoms. The monoisotopic (exact) mass is 235 g/mol. The highest BCUT2D eigenvalue weighted by Crippen LogP contribution is 2.16. The number of hydrogen-bond acceptors (Lipinski definition) is 3. The molecule has 0 saturated carbocycles. The van der Waals surface area contributed by atoms with Crippen molar-refractivity contribution in [2.75, 3.05) is 25.5 Å². The number of nitrogens with one attached hydrogen (secondary N) is 1. The van der Waals surface area contributed by atoms with Crippen LogP contribution in [0, 0.1) is 6.92 Å². The fourth-order valence-corrected chi connectivity index (χ4v) is 1.71. The number of amides is 1. The van der Waals surface area contributed by atoms with Crippen molar-refractivity contribution in [3.63, 3.8) is 0 Å². The number of rotatable bonds is 5. The van der Waals surface area contributed by atoms with E-state index in [9.17, 15) is 4.79 Å². The summed E-state index contributed by atoms with van der Waals surface area (Å²) < 4.78 is 0. The Hall–Kier alpha value is -1.55. The van der Waals surface area contributed by atoms with Crippen molar-refractivity contribution in [1.82, 2.24) is 5.32 Å². The van der Waals surface area contributed by atoms with Gasteiger partial charge in [0.15, 0.2) is 0 Å². The maximum absolute atomic E-state index is 11.4. The predicted molar refractivity (Wildman–Crippen MR) is 71.1 cm³/mol. The van der Waals surface area contributed by atoms with E-state index >= 15 is 0 Å². The van der Waals surface area contributed by atoms with Gasteiger partial charge in [0.1, 0.15) is 5.54 Å². The summed E-state index contributed by atoms with van der Waals surface area (Å²) >= 11 is 0. The molecule has 3 N–H and O–H groups in total. The minimum absolute atomic E-state index is 0.348. The Balaban J connectivity index is 2.85. The second-order valence-electron chi connectivity index (χ2n) is 4.64. The molecule has 0 bridgehead atoms. The van der Waals surface area contributed by atoms with E-state index in [0.29, 0.717) is 6.54 Å². The van der Waals surface area contributed by atoms with Crippen LogP contribution in [0.15, 0.2) is 24.3 Å². The molecule has 0 radical (unpaired) electrons. The first kappa shape index (κ1) is 13.5. The first-order valence-corrected chi connectivity index (χ1v) is 5.65. The molecule has 0 saturated heterocycles. The predicted octanol–water partition coefficient (Wildman–Crippen LogP) is 0.895. The lowest BCUT2D eigenvalue weighted by Gasteiger charge is -2.32. The van der Waals surface area contributed by atoms with Crippen LogP contribution >= 0.6 is 0 Å². The first-order chi connectivity index (χ1) is 7.89. The lowest BCUT2D eigenvalue weighted by Crippen LogP contribution is -2.58. The lowest BCUT2D eigenvalue weighted by atomic mass is 10.0. The smallest absolute Gasteiger partial charge is 0.239 e. The maximum Gasteiger partial charge on any atom is 0.239 e. The molecule has 1 atom stereocenters. The maximum atomic E-state index is 11.4. The summed E-state index contributed by atoms with van der Waals surface area (Å²) in [5.41, 5.74) is 6.96. The number of benzene rings is 1. The van der Waals surface area contributed by atoms with Crippen LogP contribution in [0.5, 0.6) is 0 Å². The Morgan fingerprint density at radius 2 is 2.18 bits per heavy atom. The molecule has 0 heterocycles. The molecule has 0 aromatic heterocycles. The third kappa shape index (κ3) is 3.20. The molecule has 0 aliphatic carbocycles. The molecule has 1 aromatic rings. The summed E-state index contributed by atoms with van der Waals surface area (Å²) in [6, 6.07) is 8.14. The van der Waals surface area contributed by atoms with Crippen LogP contribution in [0.3, 0.4) is 0 Å². The Morgan fingerprint density at radius 3 is 2.65 bits per heavy atom. The van der Waals surface area contributed by atoms with Crippen LogP contribution in [-0.4, -0.2) is 32.1 Å². The molecule has 1 aromatic carbocycles. The Kier molecular flexibility index (Phi) is 4.12. The Morgan fingerprint density at radius 1 is 1.53 bits per heavy atom. The highest BCUT2D eigenvalue weighted by molar-refractivity contribution is 5.85. The van der Waals surface area contributed by atoms with Gasteiger partial charge in [-0.05, 0) is 38.6 Å². The van der Waals surface area contributed by atoms with E-state index < -0.39 is 5.54 Å². The number of hydrogen-bond donors (Lipinski definition) is 2. The van der Waals surface area contributed by atoms with Crippen molar-refractivity contribution >= 4 is 11.6 Å². The zero-order valence-electron chi connectivity index (χ0n) is 10.9. The fourth-order valence-electron chi connectivity index (χ4n) is 1.71. The number of primary amides is 1. The molecule has 1 rings (SSSR count). The van der Waals surface area contributed by atoms with Crippen LogP contribution in [0.1, 0.15) is 12.5 Å². The second-order valence-corrected chi connectivity index (χ2v) is 4.64. The number of nitrogens with two attached hydrogens (primary N) is 1. The number of carbonyl (C=O) groups excluding carboxylic acids is 1. The van der Waals surface area contributed by atoms with Crippen LogP contribution < -0.4 is 16.0 Å². The van der Waals surface area contributed by atoms with E-state index in [4.69, 9.17) is 5.73 Å². The topological polar surface area (TPSA) is 58.4 Å². The molecule has 4 heteroatoms. The lowest BCUT2D eigenvalue weighted by molar-refractivity contribution is -0.123. The Bertz CT molecular complexity index is 405. The third-order valence-corrected chi connectivity index (χ3v) is 3.09. The molecule has 0 aliphatic rings. The second kappa shape index (κ2) is 5.19. The number of nitrogens with zero attached hydrogens (tertiary/aromatic N) is 1. The van der Waals surface area contributed by atoms with Gasteiger partial charge in [-0.2, -0.15) is 0 Å². The highest BCUT2D eigenvalue weighted by Gasteiger charge is 2.30. The summed E-state index contributed by atoms with van der Waals surface area (Å²) in [5, 5.41) is 2.98. The minimum Gasteiger partial charge on any atom is -0.372 e. The zero-order chi connectivity index (χ0) is 13.1. The van der Waals surface area contributed by atoms with Gasteiger partial charge in [0, 0.05) is 19.3 Å². The summed E-state index contributed by atoms with van der Waals surface area (Å²) in [4.78, 5) is 13.4. The standard InChI is InChI=1S/C13H21N3O/c1-10-6-5-7-11(8-10)16(4)9-13(2,15-3)12(14)17/h5-8,15H,9H2,1-4H3,(H2,14,17). The number of anilines is 1. The zero-order valence-corrected chi connectivity index (χ0v) is 10.9. The van der Waals surface area contributed by atoms with Crippen LogP contribution in [0.2, 0.25) is 0 Å². The van der Waals surface area contributed by atoms with Crippen molar-refractivity contribution in [2.24, 2.45) is 5.73 Å². The van der Waals surface area contributed by atoms with Gasteiger partial charge in [-0.25, -0.2) is 0 Å². The third-order valence-electron chi connectivity index (χ3n) is 3.09. The average molecular weight is 235 g/mol. The number of carbonyl (C=O) groups is 1. The van der Waals surface area contributed by atoms with Crippen molar-refractivity contribution < 1.29 is 4.79 Å². The minimum atomic E-state index is -0.724. The van der Waals surface area contributed by atoms with Gasteiger partial charge < -0.3 is 16.0 Å². The average Bonchev–Trinajstić information content (AvgIpc) is 2.28. The van der Waals surface area contributed by atoms with Crippen molar-refractivity contribution in [1.29, 1.82) is 0 Å². The van der Waals surface area contributed by atoms with Gasteiger partial charge >= 0.3 is 0 Å². The van der Waals surface area contributed by atoms with Gasteiger partial charge in [0.05, 0.1) is 0 Å². The van der Waals surface area contributed by atoms with E-state index in [1.54, 1.807) is 7.05 Å². The number of likely N-dealkylation sites (N-methyl/N-ethyl adjacent to an activating group) is 2. The first-order valence-electron chi connectivity index (χ1n) is 5.65. The van der Waals surface area contributed by atoms with E-state index in [2.05, 4.69) is 11.4 Å². The van der Waals surface area contributed by atoms with Crippen LogP contribution in [0.25, 0.3) is 0 Å². The molecule has 94 valence electrons.